The summed E-state index contributed by atoms with van der Waals surface area (Å²) in [5, 5.41) is 0. The Morgan fingerprint density at radius 1 is 0.864 bits per heavy atom. The third-order valence-electron chi connectivity index (χ3n) is 7.39. The van der Waals surface area contributed by atoms with Gasteiger partial charge in [-0.25, -0.2) is 4.79 Å². The first kappa shape index (κ1) is 33.4. The van der Waals surface area contributed by atoms with Crippen molar-refractivity contribution in [2.45, 2.75) is 96.5 Å². The number of nitrogens with zero attached hydrogens (tertiary/aromatic N) is 1. The van der Waals surface area contributed by atoms with Crippen molar-refractivity contribution >= 4 is 6.09 Å². The smallest absolute Gasteiger partial charge is 0.412 e. The SMILES string of the molecule is C=CC[C@@H]1[C@H]([C@H](OCc2ccccc2)[C@@H](COCc2ccccc2)OCc2ccccc2)OC(C)(C)N1C(=O)OC(C)(C)C. The van der Waals surface area contributed by atoms with Crippen LogP contribution in [0.25, 0.3) is 0 Å². The van der Waals surface area contributed by atoms with Crippen molar-refractivity contribution in [3.63, 3.8) is 0 Å². The monoisotopic (exact) mass is 601 g/mol. The third-order valence-corrected chi connectivity index (χ3v) is 7.39. The quantitative estimate of drug-likeness (QED) is 0.177. The van der Waals surface area contributed by atoms with Gasteiger partial charge in [0.1, 0.15) is 29.6 Å². The minimum absolute atomic E-state index is 0.259. The van der Waals surface area contributed by atoms with Crippen molar-refractivity contribution in [1.82, 2.24) is 4.90 Å². The minimum atomic E-state index is -0.968. The van der Waals surface area contributed by atoms with Gasteiger partial charge in [-0.05, 0) is 57.7 Å². The number of carbonyl (C=O) groups excluding carboxylic acids is 1. The van der Waals surface area contributed by atoms with Gasteiger partial charge in [0.05, 0.1) is 32.5 Å². The van der Waals surface area contributed by atoms with E-state index in [0.29, 0.717) is 26.2 Å². The second kappa shape index (κ2) is 15.5. The predicted molar refractivity (Wildman–Crippen MR) is 172 cm³/mol. The summed E-state index contributed by atoms with van der Waals surface area (Å²) in [7, 11) is 0. The van der Waals surface area contributed by atoms with Crippen LogP contribution in [0.15, 0.2) is 104 Å². The Bertz CT molecular complexity index is 1290. The van der Waals surface area contributed by atoms with Crippen LogP contribution in [0.1, 0.15) is 57.7 Å². The molecule has 7 nitrogen and oxygen atoms in total. The molecule has 4 atom stereocenters. The summed E-state index contributed by atoms with van der Waals surface area (Å²) in [4.78, 5) is 15.3. The van der Waals surface area contributed by atoms with E-state index in [-0.39, 0.29) is 6.61 Å². The molecule has 0 saturated carbocycles. The van der Waals surface area contributed by atoms with Crippen LogP contribution in [0.3, 0.4) is 0 Å². The minimum Gasteiger partial charge on any atom is -0.444 e. The van der Waals surface area contributed by atoms with Crippen LogP contribution in [0, 0.1) is 0 Å². The fourth-order valence-electron chi connectivity index (χ4n) is 5.44. The number of amides is 1. The van der Waals surface area contributed by atoms with Gasteiger partial charge in [-0.1, -0.05) is 97.1 Å². The molecule has 1 aliphatic rings. The van der Waals surface area contributed by atoms with Crippen molar-refractivity contribution < 1.29 is 28.5 Å². The lowest BCUT2D eigenvalue weighted by Crippen LogP contribution is -2.52. The Hall–Kier alpha value is -3.49. The largest absolute Gasteiger partial charge is 0.444 e. The second-order valence-corrected chi connectivity index (χ2v) is 12.6. The normalized spacial score (nSPS) is 19.3. The lowest BCUT2D eigenvalue weighted by molar-refractivity contribution is -0.176. The molecule has 7 heteroatoms. The van der Waals surface area contributed by atoms with Gasteiger partial charge in [0.2, 0.25) is 0 Å². The van der Waals surface area contributed by atoms with Gasteiger partial charge >= 0.3 is 6.09 Å². The summed E-state index contributed by atoms with van der Waals surface area (Å²) >= 11 is 0. The molecule has 0 aliphatic carbocycles. The number of benzene rings is 3. The highest BCUT2D eigenvalue weighted by atomic mass is 16.6. The Morgan fingerprint density at radius 2 is 1.36 bits per heavy atom. The van der Waals surface area contributed by atoms with Gasteiger partial charge < -0.3 is 23.7 Å². The summed E-state index contributed by atoms with van der Waals surface area (Å²) in [5.41, 5.74) is 1.48. The van der Waals surface area contributed by atoms with E-state index < -0.39 is 41.8 Å². The molecular weight excluding hydrogens is 554 g/mol. The molecular formula is C37H47NO6. The highest BCUT2D eigenvalue weighted by molar-refractivity contribution is 5.70. The first-order valence-electron chi connectivity index (χ1n) is 15.3. The van der Waals surface area contributed by atoms with Crippen molar-refractivity contribution in [1.29, 1.82) is 0 Å². The van der Waals surface area contributed by atoms with Crippen LogP contribution in [-0.4, -0.2) is 53.3 Å². The van der Waals surface area contributed by atoms with Crippen LogP contribution in [0.4, 0.5) is 4.79 Å². The van der Waals surface area contributed by atoms with E-state index >= 15 is 0 Å². The number of ether oxygens (including phenoxy) is 5. The van der Waals surface area contributed by atoms with Crippen molar-refractivity contribution in [2.24, 2.45) is 0 Å². The molecule has 0 bridgehead atoms. The van der Waals surface area contributed by atoms with Gasteiger partial charge in [0.25, 0.3) is 0 Å². The van der Waals surface area contributed by atoms with Crippen LogP contribution in [-0.2, 0) is 43.5 Å². The topological polar surface area (TPSA) is 66.5 Å². The van der Waals surface area contributed by atoms with Crippen molar-refractivity contribution in [3.05, 3.63) is 120 Å². The average molecular weight is 602 g/mol. The number of hydrogen-bond acceptors (Lipinski definition) is 6. The Balaban J connectivity index is 1.67. The van der Waals surface area contributed by atoms with Crippen LogP contribution >= 0.6 is 0 Å². The second-order valence-electron chi connectivity index (χ2n) is 12.6. The van der Waals surface area contributed by atoms with E-state index in [1.165, 1.54) is 0 Å². The van der Waals surface area contributed by atoms with E-state index in [1.807, 2.05) is 126 Å². The highest BCUT2D eigenvalue weighted by Crippen LogP contribution is 2.39. The molecule has 1 saturated heterocycles. The van der Waals surface area contributed by atoms with Gasteiger partial charge in [0.15, 0.2) is 0 Å². The molecule has 1 amide bonds. The number of hydrogen-bond donors (Lipinski definition) is 0. The molecule has 4 rings (SSSR count). The summed E-state index contributed by atoms with van der Waals surface area (Å²) < 4.78 is 32.2. The summed E-state index contributed by atoms with van der Waals surface area (Å²) in [5.74, 6) is 0. The van der Waals surface area contributed by atoms with Crippen LogP contribution in [0.5, 0.6) is 0 Å². The maximum Gasteiger partial charge on any atom is 0.412 e. The van der Waals surface area contributed by atoms with Crippen LogP contribution < -0.4 is 0 Å². The molecule has 0 aromatic heterocycles. The number of rotatable bonds is 14. The maximum atomic E-state index is 13.6. The lowest BCUT2D eigenvalue weighted by atomic mass is 9.97. The average Bonchev–Trinajstić information content (AvgIpc) is 3.26. The highest BCUT2D eigenvalue weighted by Gasteiger charge is 2.55. The molecule has 0 unspecified atom stereocenters. The first-order chi connectivity index (χ1) is 21.1. The van der Waals surface area contributed by atoms with E-state index in [0.717, 1.165) is 16.7 Å². The van der Waals surface area contributed by atoms with Crippen molar-refractivity contribution in [2.75, 3.05) is 6.61 Å². The first-order valence-corrected chi connectivity index (χ1v) is 15.3. The molecule has 0 N–H and O–H groups in total. The zero-order chi connectivity index (χ0) is 31.6. The molecule has 1 heterocycles. The Morgan fingerprint density at radius 3 is 1.86 bits per heavy atom. The zero-order valence-corrected chi connectivity index (χ0v) is 26.7. The maximum absolute atomic E-state index is 13.6. The number of carbonyl (C=O) groups is 1. The molecule has 0 radical (unpaired) electrons. The molecule has 0 spiro atoms. The standard InChI is InChI=1S/C37H47NO6/c1-7-17-31-33(43-37(5,6)38(31)35(39)44-36(2,3)4)34(42-26-30-22-15-10-16-23-30)32(41-25-29-20-13-9-14-21-29)27-40-24-28-18-11-8-12-19-28/h7-16,18-23,31-34H,1,17,24-27H2,2-6H3/t31-,32-,33-,34-/m1/s1. The van der Waals surface area contributed by atoms with E-state index in [1.54, 1.807) is 11.0 Å². The molecule has 3 aromatic carbocycles. The summed E-state index contributed by atoms with van der Waals surface area (Å²) in [6, 6.07) is 29.6. The van der Waals surface area contributed by atoms with E-state index in [2.05, 4.69) is 6.58 Å². The van der Waals surface area contributed by atoms with E-state index in [4.69, 9.17) is 23.7 Å². The van der Waals surface area contributed by atoms with Crippen LogP contribution in [0.2, 0.25) is 0 Å². The fourth-order valence-corrected chi connectivity index (χ4v) is 5.44. The third kappa shape index (κ3) is 9.50. The molecule has 236 valence electrons. The fraction of sp³-hybridized carbons (Fsp3) is 0.432. The predicted octanol–water partition coefficient (Wildman–Crippen LogP) is 7.69. The summed E-state index contributed by atoms with van der Waals surface area (Å²) in [6.45, 7) is 14.7. The van der Waals surface area contributed by atoms with E-state index in [9.17, 15) is 4.79 Å². The van der Waals surface area contributed by atoms with Gasteiger partial charge in [-0.2, -0.15) is 0 Å². The molecule has 1 fully saturated rings. The Kier molecular flexibility index (Phi) is 11.8. The Labute approximate surface area is 262 Å². The van der Waals surface area contributed by atoms with Gasteiger partial charge in [0, 0.05) is 0 Å². The van der Waals surface area contributed by atoms with Crippen molar-refractivity contribution in [3.8, 4) is 0 Å². The van der Waals surface area contributed by atoms with Gasteiger partial charge in [-0.3, -0.25) is 4.90 Å². The molecule has 3 aromatic rings. The molecule has 44 heavy (non-hydrogen) atoms. The lowest BCUT2D eigenvalue weighted by Gasteiger charge is -2.36. The molecule has 1 aliphatic heterocycles. The summed E-state index contributed by atoms with van der Waals surface area (Å²) in [6.07, 6.45) is 0.177. The van der Waals surface area contributed by atoms with Gasteiger partial charge in [-0.15, -0.1) is 6.58 Å². The zero-order valence-electron chi connectivity index (χ0n) is 26.7.